The second-order valence-corrected chi connectivity index (χ2v) is 4.76. The van der Waals surface area contributed by atoms with Crippen LogP contribution < -0.4 is 5.32 Å². The van der Waals surface area contributed by atoms with Gasteiger partial charge in [0.25, 0.3) is 0 Å². The summed E-state index contributed by atoms with van der Waals surface area (Å²) in [6.45, 7) is 5.80. The summed E-state index contributed by atoms with van der Waals surface area (Å²) in [5.41, 5.74) is 1.75. The molecule has 1 fully saturated rings. The Morgan fingerprint density at radius 1 is 1.65 bits per heavy atom. The first-order valence-corrected chi connectivity index (χ1v) is 6.70. The first kappa shape index (κ1) is 12.5. The van der Waals surface area contributed by atoms with Crippen molar-refractivity contribution in [3.05, 3.63) is 16.6 Å². The Hall–Kier alpha value is -0.980. The molecule has 1 N–H and O–H groups in total. The molecule has 2 heterocycles. The van der Waals surface area contributed by atoms with E-state index in [9.17, 15) is 4.79 Å². The van der Waals surface area contributed by atoms with E-state index in [1.165, 1.54) is 11.3 Å². The van der Waals surface area contributed by atoms with Crippen LogP contribution in [-0.2, 0) is 9.53 Å². The minimum Gasteiger partial charge on any atom is -0.465 e. The molecule has 1 saturated heterocycles. The number of hydrogen-bond donors (Lipinski definition) is 1. The molecule has 0 amide bonds. The Morgan fingerprint density at radius 3 is 3.00 bits per heavy atom. The van der Waals surface area contributed by atoms with Gasteiger partial charge in [0.05, 0.1) is 17.0 Å². The number of aromatic nitrogens is 1. The molecule has 1 aromatic rings. The fourth-order valence-electron chi connectivity index (χ4n) is 1.97. The van der Waals surface area contributed by atoms with Crippen LogP contribution >= 0.6 is 11.3 Å². The Labute approximate surface area is 105 Å². The fourth-order valence-corrected chi connectivity index (χ4v) is 2.71. The van der Waals surface area contributed by atoms with Crippen LogP contribution in [0.2, 0.25) is 0 Å². The molecule has 0 saturated carbocycles. The third-order valence-corrected chi connectivity index (χ3v) is 3.58. The molecular weight excluding hydrogens is 238 g/mol. The van der Waals surface area contributed by atoms with E-state index in [2.05, 4.69) is 15.2 Å². The van der Waals surface area contributed by atoms with E-state index >= 15 is 0 Å². The third-order valence-electron chi connectivity index (χ3n) is 2.75. The Balaban J connectivity index is 2.14. The Kier molecular flexibility index (Phi) is 4.47. The predicted octanol–water partition coefficient (Wildman–Crippen LogP) is 0.653. The molecule has 6 heteroatoms. The van der Waals surface area contributed by atoms with Gasteiger partial charge in [0.15, 0.2) is 0 Å². The summed E-state index contributed by atoms with van der Waals surface area (Å²) in [6.07, 6.45) is 1.76. The molecule has 1 aliphatic rings. The van der Waals surface area contributed by atoms with Gasteiger partial charge in [0.1, 0.15) is 6.04 Å². The topological polar surface area (TPSA) is 54.5 Å². The van der Waals surface area contributed by atoms with E-state index in [-0.39, 0.29) is 12.0 Å². The van der Waals surface area contributed by atoms with Crippen molar-refractivity contribution in [3.63, 3.8) is 0 Å². The van der Waals surface area contributed by atoms with Gasteiger partial charge in [-0.25, -0.2) is 4.79 Å². The number of ether oxygens (including phenoxy) is 1. The summed E-state index contributed by atoms with van der Waals surface area (Å²) in [4.78, 5) is 19.2. The maximum Gasteiger partial charge on any atom is 0.328 e. The predicted molar refractivity (Wildman–Crippen MR) is 65.9 cm³/mol. The molecule has 0 bridgehead atoms. The number of nitrogens with zero attached hydrogens (tertiary/aromatic N) is 2. The zero-order valence-electron chi connectivity index (χ0n) is 9.89. The average Bonchev–Trinajstić information content (AvgIpc) is 2.85. The number of rotatable bonds is 4. The lowest BCUT2D eigenvalue weighted by molar-refractivity contribution is -0.150. The molecule has 1 aliphatic heterocycles. The monoisotopic (exact) mass is 255 g/mol. The number of thiazole rings is 1. The molecule has 5 nitrogen and oxygen atoms in total. The highest BCUT2D eigenvalue weighted by Crippen LogP contribution is 2.25. The normalized spacial score (nSPS) is 18.9. The zero-order valence-corrected chi connectivity index (χ0v) is 10.7. The number of carbonyl (C=O) groups is 1. The van der Waals surface area contributed by atoms with E-state index in [1.807, 2.05) is 6.92 Å². The number of hydrogen-bond acceptors (Lipinski definition) is 6. The first-order valence-electron chi connectivity index (χ1n) is 5.82. The van der Waals surface area contributed by atoms with E-state index in [4.69, 9.17) is 4.74 Å². The maximum atomic E-state index is 12.0. The summed E-state index contributed by atoms with van der Waals surface area (Å²) in [5, 5.41) is 3.28. The standard InChI is InChI=1S/C11H17N3O2S/c1-2-16-11(15)10(9-7-13-8-17-9)14-5-3-12-4-6-14/h7-8,10,12H,2-6H2,1H3. The summed E-state index contributed by atoms with van der Waals surface area (Å²) < 4.78 is 5.16. The van der Waals surface area contributed by atoms with Crippen LogP contribution in [0, 0.1) is 0 Å². The zero-order chi connectivity index (χ0) is 12.1. The highest BCUT2D eigenvalue weighted by Gasteiger charge is 2.30. The van der Waals surface area contributed by atoms with Gasteiger partial charge in [0.2, 0.25) is 0 Å². The Bertz CT molecular complexity index is 350. The average molecular weight is 255 g/mol. The van der Waals surface area contributed by atoms with Gasteiger partial charge < -0.3 is 10.1 Å². The lowest BCUT2D eigenvalue weighted by atomic mass is 10.2. The van der Waals surface area contributed by atoms with Crippen molar-refractivity contribution in [1.82, 2.24) is 15.2 Å². The molecule has 0 radical (unpaired) electrons. The molecule has 2 rings (SSSR count). The van der Waals surface area contributed by atoms with Gasteiger partial charge in [-0.2, -0.15) is 0 Å². The summed E-state index contributed by atoms with van der Waals surface area (Å²) in [5.74, 6) is -0.168. The van der Waals surface area contributed by atoms with Crippen LogP contribution in [0.25, 0.3) is 0 Å². The lowest BCUT2D eigenvalue weighted by Crippen LogP contribution is -2.47. The van der Waals surface area contributed by atoms with Crippen molar-refractivity contribution in [3.8, 4) is 0 Å². The fraction of sp³-hybridized carbons (Fsp3) is 0.636. The molecule has 0 aliphatic carbocycles. The summed E-state index contributed by atoms with van der Waals surface area (Å²) >= 11 is 1.50. The highest BCUT2D eigenvalue weighted by atomic mass is 32.1. The maximum absolute atomic E-state index is 12.0. The smallest absolute Gasteiger partial charge is 0.328 e. The summed E-state index contributed by atoms with van der Waals surface area (Å²) in [6, 6.07) is -0.287. The number of carbonyl (C=O) groups excluding carboxylic acids is 1. The molecule has 0 spiro atoms. The molecule has 17 heavy (non-hydrogen) atoms. The van der Waals surface area contributed by atoms with Crippen LogP contribution in [0.3, 0.4) is 0 Å². The SMILES string of the molecule is CCOC(=O)C(c1cncs1)N1CCNCC1. The van der Waals surface area contributed by atoms with Gasteiger partial charge in [-0.1, -0.05) is 0 Å². The van der Waals surface area contributed by atoms with Gasteiger partial charge in [0, 0.05) is 32.4 Å². The van der Waals surface area contributed by atoms with Gasteiger partial charge in [-0.15, -0.1) is 11.3 Å². The molecule has 0 aromatic carbocycles. The van der Waals surface area contributed by atoms with Crippen molar-refractivity contribution in [2.45, 2.75) is 13.0 Å². The second-order valence-electron chi connectivity index (χ2n) is 3.84. The minimum atomic E-state index is -0.287. The first-order chi connectivity index (χ1) is 8.33. The Morgan fingerprint density at radius 2 is 2.41 bits per heavy atom. The molecule has 1 unspecified atom stereocenters. The summed E-state index contributed by atoms with van der Waals surface area (Å²) in [7, 11) is 0. The van der Waals surface area contributed by atoms with Crippen LogP contribution in [0.4, 0.5) is 0 Å². The van der Waals surface area contributed by atoms with E-state index in [0.717, 1.165) is 31.1 Å². The van der Waals surface area contributed by atoms with Gasteiger partial charge in [-0.3, -0.25) is 9.88 Å². The number of nitrogens with one attached hydrogen (secondary N) is 1. The van der Waals surface area contributed by atoms with Crippen LogP contribution in [0.5, 0.6) is 0 Å². The van der Waals surface area contributed by atoms with Crippen molar-refractivity contribution in [2.75, 3.05) is 32.8 Å². The van der Waals surface area contributed by atoms with Crippen molar-refractivity contribution in [1.29, 1.82) is 0 Å². The molecule has 1 atom stereocenters. The van der Waals surface area contributed by atoms with Gasteiger partial charge in [-0.05, 0) is 6.92 Å². The van der Waals surface area contributed by atoms with E-state index in [0.29, 0.717) is 6.61 Å². The molecule has 1 aromatic heterocycles. The number of piperazine rings is 1. The van der Waals surface area contributed by atoms with Crippen LogP contribution in [0.15, 0.2) is 11.7 Å². The quantitative estimate of drug-likeness (QED) is 0.801. The van der Waals surface area contributed by atoms with E-state index in [1.54, 1.807) is 11.7 Å². The molecular formula is C11H17N3O2S. The van der Waals surface area contributed by atoms with E-state index < -0.39 is 0 Å². The second kappa shape index (κ2) is 6.09. The minimum absolute atomic E-state index is 0.168. The van der Waals surface area contributed by atoms with Crippen molar-refractivity contribution in [2.24, 2.45) is 0 Å². The third kappa shape index (κ3) is 3.02. The molecule has 94 valence electrons. The number of esters is 1. The largest absolute Gasteiger partial charge is 0.465 e. The highest BCUT2D eigenvalue weighted by molar-refractivity contribution is 7.09. The van der Waals surface area contributed by atoms with Crippen LogP contribution in [-0.4, -0.2) is 48.6 Å². The van der Waals surface area contributed by atoms with Gasteiger partial charge >= 0.3 is 5.97 Å². The van der Waals surface area contributed by atoms with Crippen LogP contribution in [0.1, 0.15) is 17.8 Å². The lowest BCUT2D eigenvalue weighted by Gasteiger charge is -2.32. The van der Waals surface area contributed by atoms with Crippen molar-refractivity contribution < 1.29 is 9.53 Å². The van der Waals surface area contributed by atoms with Crippen molar-refractivity contribution >= 4 is 17.3 Å².